The molecule has 0 saturated carbocycles. The minimum atomic E-state index is 0.883. The second kappa shape index (κ2) is 5.34. The van der Waals surface area contributed by atoms with Gasteiger partial charge in [0.15, 0.2) is 0 Å². The minimum absolute atomic E-state index is 0.883. The topological polar surface area (TPSA) is 9.23 Å². The van der Waals surface area contributed by atoms with Gasteiger partial charge in [-0.3, -0.25) is 0 Å². The Morgan fingerprint density at radius 2 is 1.75 bits per heavy atom. The Hall–Kier alpha value is -1.03. The van der Waals surface area contributed by atoms with Gasteiger partial charge < -0.3 is 4.74 Å². The smallest absolute Gasteiger partial charge is 0.127 e. The summed E-state index contributed by atoms with van der Waals surface area (Å²) < 4.78 is 6.99. The van der Waals surface area contributed by atoms with Gasteiger partial charge in [0.25, 0.3) is 0 Å². The summed E-state index contributed by atoms with van der Waals surface area (Å²) in [4.78, 5) is 0. The van der Waals surface area contributed by atoms with Gasteiger partial charge in [0.05, 0.1) is 0 Å². The van der Waals surface area contributed by atoms with Crippen LogP contribution in [0.5, 0.6) is 11.5 Å². The number of benzene rings is 2. The first kappa shape index (κ1) is 11.5. The molecule has 2 heteroatoms. The van der Waals surface area contributed by atoms with E-state index < -0.39 is 0 Å². The van der Waals surface area contributed by atoms with Crippen LogP contribution >= 0.6 is 22.6 Å². The summed E-state index contributed by atoms with van der Waals surface area (Å²) in [5, 5.41) is 0. The summed E-state index contributed by atoms with van der Waals surface area (Å²) in [7, 11) is 0. The Morgan fingerprint density at radius 1 is 1.00 bits per heavy atom. The molecule has 0 atom stereocenters. The zero-order chi connectivity index (χ0) is 11.4. The van der Waals surface area contributed by atoms with E-state index in [1.807, 2.05) is 36.4 Å². The second-order valence-electron chi connectivity index (χ2n) is 3.56. The third-order valence-corrected chi connectivity index (χ3v) is 3.08. The van der Waals surface area contributed by atoms with Gasteiger partial charge in [-0.15, -0.1) is 0 Å². The lowest BCUT2D eigenvalue weighted by atomic mass is 10.2. The number of rotatable bonds is 3. The van der Waals surface area contributed by atoms with Crippen LogP contribution in [0.1, 0.15) is 12.5 Å². The zero-order valence-corrected chi connectivity index (χ0v) is 11.3. The maximum atomic E-state index is 5.77. The molecular weight excluding hydrogens is 311 g/mol. The van der Waals surface area contributed by atoms with Crippen LogP contribution in [0.3, 0.4) is 0 Å². The van der Waals surface area contributed by atoms with Crippen LogP contribution in [0.15, 0.2) is 48.5 Å². The van der Waals surface area contributed by atoms with Crippen molar-refractivity contribution >= 4 is 22.6 Å². The van der Waals surface area contributed by atoms with Crippen molar-refractivity contribution in [2.45, 2.75) is 13.3 Å². The minimum Gasteiger partial charge on any atom is -0.457 e. The lowest BCUT2D eigenvalue weighted by Crippen LogP contribution is -1.86. The van der Waals surface area contributed by atoms with E-state index >= 15 is 0 Å². The average Bonchev–Trinajstić information content (AvgIpc) is 2.32. The van der Waals surface area contributed by atoms with Crippen molar-refractivity contribution in [3.05, 3.63) is 57.7 Å². The maximum Gasteiger partial charge on any atom is 0.127 e. The van der Waals surface area contributed by atoms with Crippen molar-refractivity contribution in [1.29, 1.82) is 0 Å². The normalized spacial score (nSPS) is 10.1. The SMILES string of the molecule is CCc1cccc(Oc2ccc(I)cc2)c1. The first-order valence-corrected chi connectivity index (χ1v) is 6.38. The van der Waals surface area contributed by atoms with Gasteiger partial charge in [-0.2, -0.15) is 0 Å². The molecule has 2 aromatic carbocycles. The standard InChI is InChI=1S/C14H13IO/c1-2-11-4-3-5-14(10-11)16-13-8-6-12(15)7-9-13/h3-10H,2H2,1H3. The van der Waals surface area contributed by atoms with Crippen LogP contribution in [0.25, 0.3) is 0 Å². The first-order valence-electron chi connectivity index (χ1n) is 5.30. The Morgan fingerprint density at radius 3 is 2.44 bits per heavy atom. The highest BCUT2D eigenvalue weighted by Gasteiger charge is 1.98. The molecule has 0 spiro atoms. The van der Waals surface area contributed by atoms with Gasteiger partial charge in [-0.05, 0) is 71.0 Å². The number of halogens is 1. The summed E-state index contributed by atoms with van der Waals surface area (Å²) in [6.07, 6.45) is 1.03. The van der Waals surface area contributed by atoms with Gasteiger partial charge in [0.2, 0.25) is 0 Å². The fourth-order valence-electron chi connectivity index (χ4n) is 1.47. The lowest BCUT2D eigenvalue weighted by Gasteiger charge is -2.06. The molecule has 0 aliphatic heterocycles. The molecule has 0 aromatic heterocycles. The van der Waals surface area contributed by atoms with Gasteiger partial charge in [-0.1, -0.05) is 19.1 Å². The van der Waals surface area contributed by atoms with Gasteiger partial charge in [0, 0.05) is 3.57 Å². The molecule has 0 N–H and O–H groups in total. The van der Waals surface area contributed by atoms with Crippen LogP contribution in [0.4, 0.5) is 0 Å². The third kappa shape index (κ3) is 2.98. The summed E-state index contributed by atoms with van der Waals surface area (Å²) >= 11 is 2.28. The second-order valence-corrected chi connectivity index (χ2v) is 4.80. The van der Waals surface area contributed by atoms with E-state index in [1.54, 1.807) is 0 Å². The predicted octanol–water partition coefficient (Wildman–Crippen LogP) is 4.65. The highest BCUT2D eigenvalue weighted by Crippen LogP contribution is 2.23. The van der Waals surface area contributed by atoms with E-state index in [0.717, 1.165) is 17.9 Å². The largest absolute Gasteiger partial charge is 0.457 e. The molecule has 16 heavy (non-hydrogen) atoms. The van der Waals surface area contributed by atoms with Crippen molar-refractivity contribution in [2.24, 2.45) is 0 Å². The zero-order valence-electron chi connectivity index (χ0n) is 9.11. The van der Waals surface area contributed by atoms with Crippen molar-refractivity contribution in [3.63, 3.8) is 0 Å². The molecule has 0 aliphatic rings. The van der Waals surface area contributed by atoms with Gasteiger partial charge in [-0.25, -0.2) is 0 Å². The maximum absolute atomic E-state index is 5.77. The van der Waals surface area contributed by atoms with E-state index in [2.05, 4.69) is 41.6 Å². The van der Waals surface area contributed by atoms with E-state index in [0.29, 0.717) is 0 Å². The molecule has 2 aromatic rings. The molecule has 0 saturated heterocycles. The van der Waals surface area contributed by atoms with E-state index in [9.17, 15) is 0 Å². The molecule has 0 aliphatic carbocycles. The number of ether oxygens (including phenoxy) is 1. The summed E-state index contributed by atoms with van der Waals surface area (Å²) in [6, 6.07) is 16.3. The molecule has 0 radical (unpaired) electrons. The Kier molecular flexibility index (Phi) is 3.83. The lowest BCUT2D eigenvalue weighted by molar-refractivity contribution is 0.482. The van der Waals surface area contributed by atoms with Crippen LogP contribution in [-0.2, 0) is 6.42 Å². The highest BCUT2D eigenvalue weighted by atomic mass is 127. The Balaban J connectivity index is 2.16. The predicted molar refractivity (Wildman–Crippen MR) is 75.1 cm³/mol. The van der Waals surface area contributed by atoms with Crippen LogP contribution in [0.2, 0.25) is 0 Å². The van der Waals surface area contributed by atoms with Crippen molar-refractivity contribution in [2.75, 3.05) is 0 Å². The first-order chi connectivity index (χ1) is 7.78. The summed E-state index contributed by atoms with van der Waals surface area (Å²) in [5.41, 5.74) is 1.29. The van der Waals surface area contributed by atoms with Gasteiger partial charge >= 0.3 is 0 Å². The van der Waals surface area contributed by atoms with E-state index in [1.165, 1.54) is 9.13 Å². The fourth-order valence-corrected chi connectivity index (χ4v) is 1.83. The van der Waals surface area contributed by atoms with Crippen molar-refractivity contribution in [1.82, 2.24) is 0 Å². The van der Waals surface area contributed by atoms with E-state index in [-0.39, 0.29) is 0 Å². The number of hydrogen-bond donors (Lipinski definition) is 0. The fraction of sp³-hybridized carbons (Fsp3) is 0.143. The van der Waals surface area contributed by atoms with Crippen LogP contribution < -0.4 is 4.74 Å². The highest BCUT2D eigenvalue weighted by molar-refractivity contribution is 14.1. The van der Waals surface area contributed by atoms with Gasteiger partial charge in [0.1, 0.15) is 11.5 Å². The van der Waals surface area contributed by atoms with Crippen molar-refractivity contribution < 1.29 is 4.74 Å². The quantitative estimate of drug-likeness (QED) is 0.747. The molecule has 0 unspecified atom stereocenters. The van der Waals surface area contributed by atoms with Crippen molar-refractivity contribution in [3.8, 4) is 11.5 Å². The number of hydrogen-bond acceptors (Lipinski definition) is 1. The molecule has 0 fully saturated rings. The average molecular weight is 324 g/mol. The molecule has 0 heterocycles. The summed E-state index contributed by atoms with van der Waals surface area (Å²) in [5.74, 6) is 1.79. The number of aryl methyl sites for hydroxylation is 1. The molecule has 2 rings (SSSR count). The molecule has 0 bridgehead atoms. The monoisotopic (exact) mass is 324 g/mol. The molecule has 1 nitrogen and oxygen atoms in total. The molecule has 0 amide bonds. The third-order valence-electron chi connectivity index (χ3n) is 2.36. The molecule has 82 valence electrons. The van der Waals surface area contributed by atoms with Crippen LogP contribution in [-0.4, -0.2) is 0 Å². The molecular formula is C14H13IO. The van der Waals surface area contributed by atoms with E-state index in [4.69, 9.17) is 4.74 Å². The van der Waals surface area contributed by atoms with Crippen LogP contribution in [0, 0.1) is 3.57 Å². The Labute approximate surface area is 110 Å². The Bertz CT molecular complexity index is 462. The summed E-state index contributed by atoms with van der Waals surface area (Å²) in [6.45, 7) is 2.14.